The molecule has 0 bridgehead atoms. The van der Waals surface area contributed by atoms with Crippen LogP contribution in [-0.4, -0.2) is 27.0 Å². The molecule has 0 saturated heterocycles. The van der Waals surface area contributed by atoms with Crippen LogP contribution in [0.4, 0.5) is 5.69 Å². The van der Waals surface area contributed by atoms with E-state index in [0.29, 0.717) is 26.6 Å². The highest BCUT2D eigenvalue weighted by molar-refractivity contribution is 7.99. The number of hydrogen-bond acceptors (Lipinski definition) is 6. The second kappa shape index (κ2) is 10.8. The van der Waals surface area contributed by atoms with E-state index in [1.807, 2.05) is 40.3 Å². The van der Waals surface area contributed by atoms with Gasteiger partial charge in [0.1, 0.15) is 4.83 Å². The van der Waals surface area contributed by atoms with Crippen molar-refractivity contribution in [3.63, 3.8) is 0 Å². The van der Waals surface area contributed by atoms with Gasteiger partial charge in [-0.25, -0.2) is 4.98 Å². The Hall–Kier alpha value is -3.23. The lowest BCUT2D eigenvalue weighted by molar-refractivity contribution is -0.113. The van der Waals surface area contributed by atoms with Gasteiger partial charge in [0.05, 0.1) is 11.1 Å². The molecule has 1 saturated carbocycles. The summed E-state index contributed by atoms with van der Waals surface area (Å²) in [6.07, 6.45) is 5.23. The molecular weight excluding hydrogens is 490 g/mol. The topological polar surface area (TPSA) is 81.1 Å². The van der Waals surface area contributed by atoms with Crippen molar-refractivity contribution in [2.24, 2.45) is 0 Å². The van der Waals surface area contributed by atoms with E-state index in [1.165, 1.54) is 36.4 Å². The molecule has 1 aliphatic rings. The number of ketones is 1. The summed E-state index contributed by atoms with van der Waals surface area (Å²) >= 11 is 2.76. The highest BCUT2D eigenvalue weighted by Gasteiger charge is 2.24. The molecule has 6 nitrogen and oxygen atoms in total. The number of carbonyl (C=O) groups is 2. The zero-order chi connectivity index (χ0) is 25.1. The molecule has 1 N–H and O–H groups in total. The molecule has 8 heteroatoms. The molecule has 2 heterocycles. The minimum atomic E-state index is -0.207. The van der Waals surface area contributed by atoms with Crippen molar-refractivity contribution >= 4 is 50.7 Å². The summed E-state index contributed by atoms with van der Waals surface area (Å²) in [6, 6.07) is 16.9. The van der Waals surface area contributed by atoms with Crippen molar-refractivity contribution in [1.29, 1.82) is 0 Å². The SMILES string of the molecule is CC(=O)c1cccc(NC(=O)CSc2nc3scc(-c4ccccc4)c3c(=O)n2C2CCCCC2)c1. The molecule has 1 amide bonds. The number of hydrogen-bond donors (Lipinski definition) is 1. The third-order valence-corrected chi connectivity index (χ3v) is 8.34. The molecule has 0 spiro atoms. The Bertz CT molecular complexity index is 1470. The third-order valence-electron chi connectivity index (χ3n) is 6.52. The fourth-order valence-corrected chi connectivity index (χ4v) is 6.58. The summed E-state index contributed by atoms with van der Waals surface area (Å²) in [4.78, 5) is 43.9. The van der Waals surface area contributed by atoms with Crippen LogP contribution < -0.4 is 10.9 Å². The fourth-order valence-electron chi connectivity index (χ4n) is 4.72. The van der Waals surface area contributed by atoms with Gasteiger partial charge in [0.2, 0.25) is 5.91 Å². The van der Waals surface area contributed by atoms with Crippen LogP contribution >= 0.6 is 23.1 Å². The summed E-state index contributed by atoms with van der Waals surface area (Å²) in [5, 5.41) is 6.11. The van der Waals surface area contributed by atoms with Crippen molar-refractivity contribution in [3.8, 4) is 11.1 Å². The lowest BCUT2D eigenvalue weighted by atomic mass is 9.95. The average molecular weight is 518 g/mol. The minimum Gasteiger partial charge on any atom is -0.325 e. The maximum Gasteiger partial charge on any atom is 0.263 e. The molecule has 36 heavy (non-hydrogen) atoms. The Balaban J connectivity index is 1.46. The van der Waals surface area contributed by atoms with E-state index in [-0.39, 0.29) is 29.0 Å². The number of nitrogens with zero attached hydrogens (tertiary/aromatic N) is 2. The van der Waals surface area contributed by atoms with Crippen LogP contribution in [0.15, 0.2) is 69.9 Å². The van der Waals surface area contributed by atoms with Gasteiger partial charge in [0.25, 0.3) is 5.56 Å². The lowest BCUT2D eigenvalue weighted by Gasteiger charge is -2.26. The monoisotopic (exact) mass is 517 g/mol. The molecule has 2 aromatic heterocycles. The van der Waals surface area contributed by atoms with E-state index < -0.39 is 0 Å². The van der Waals surface area contributed by atoms with Gasteiger partial charge < -0.3 is 5.32 Å². The van der Waals surface area contributed by atoms with Crippen molar-refractivity contribution in [1.82, 2.24) is 9.55 Å². The molecule has 0 aliphatic heterocycles. The highest BCUT2D eigenvalue weighted by Crippen LogP contribution is 2.35. The van der Waals surface area contributed by atoms with Crippen molar-refractivity contribution in [3.05, 3.63) is 75.9 Å². The van der Waals surface area contributed by atoms with Crippen molar-refractivity contribution < 1.29 is 9.59 Å². The van der Waals surface area contributed by atoms with Gasteiger partial charge in [0.15, 0.2) is 10.9 Å². The number of Topliss-reactive ketones (excluding diaryl/α,β-unsaturated/α-hetero) is 1. The normalized spacial score (nSPS) is 14.1. The predicted octanol–water partition coefficient (Wildman–Crippen LogP) is 6.56. The lowest BCUT2D eigenvalue weighted by Crippen LogP contribution is -2.29. The molecule has 184 valence electrons. The van der Waals surface area contributed by atoms with Crippen LogP contribution in [0.3, 0.4) is 0 Å². The van der Waals surface area contributed by atoms with Gasteiger partial charge >= 0.3 is 0 Å². The highest BCUT2D eigenvalue weighted by atomic mass is 32.2. The van der Waals surface area contributed by atoms with Gasteiger partial charge in [0, 0.05) is 28.2 Å². The first-order chi connectivity index (χ1) is 17.5. The summed E-state index contributed by atoms with van der Waals surface area (Å²) < 4.78 is 1.84. The third kappa shape index (κ3) is 5.15. The van der Waals surface area contributed by atoms with Crippen LogP contribution in [0.2, 0.25) is 0 Å². The maximum absolute atomic E-state index is 13.9. The molecule has 0 radical (unpaired) electrons. The Kier molecular flexibility index (Phi) is 7.34. The molecule has 4 aromatic rings. The second-order valence-corrected chi connectivity index (χ2v) is 10.8. The number of thioether (sulfide) groups is 1. The van der Waals surface area contributed by atoms with E-state index in [4.69, 9.17) is 4.98 Å². The second-order valence-electron chi connectivity index (χ2n) is 9.03. The molecule has 5 rings (SSSR count). The molecule has 2 aromatic carbocycles. The minimum absolute atomic E-state index is 0.0240. The molecular formula is C28H27N3O3S2. The number of anilines is 1. The number of aromatic nitrogens is 2. The van der Waals surface area contributed by atoms with Crippen LogP contribution in [0.5, 0.6) is 0 Å². The number of nitrogens with one attached hydrogen (secondary N) is 1. The summed E-state index contributed by atoms with van der Waals surface area (Å²) in [5.41, 5.74) is 3.02. The van der Waals surface area contributed by atoms with E-state index in [0.717, 1.165) is 36.8 Å². The summed E-state index contributed by atoms with van der Waals surface area (Å²) in [5.74, 6) is -0.145. The van der Waals surface area contributed by atoms with E-state index in [1.54, 1.807) is 24.3 Å². The van der Waals surface area contributed by atoms with Crippen LogP contribution in [-0.2, 0) is 4.79 Å². The predicted molar refractivity (Wildman–Crippen MR) is 147 cm³/mol. The van der Waals surface area contributed by atoms with Gasteiger partial charge in [-0.3, -0.25) is 19.0 Å². The largest absolute Gasteiger partial charge is 0.325 e. The number of rotatable bonds is 7. The van der Waals surface area contributed by atoms with E-state index >= 15 is 0 Å². The first-order valence-corrected chi connectivity index (χ1v) is 14.0. The van der Waals surface area contributed by atoms with Gasteiger partial charge in [-0.05, 0) is 37.5 Å². The van der Waals surface area contributed by atoms with Crippen LogP contribution in [0, 0.1) is 0 Å². The van der Waals surface area contributed by atoms with Crippen LogP contribution in [0.1, 0.15) is 55.4 Å². The van der Waals surface area contributed by atoms with Gasteiger partial charge in [-0.1, -0.05) is 73.5 Å². The first-order valence-electron chi connectivity index (χ1n) is 12.1. The molecule has 1 fully saturated rings. The van der Waals surface area contributed by atoms with Crippen LogP contribution in [0.25, 0.3) is 21.3 Å². The molecule has 0 unspecified atom stereocenters. The Labute approximate surface area is 217 Å². The van der Waals surface area contributed by atoms with E-state index in [9.17, 15) is 14.4 Å². The smallest absolute Gasteiger partial charge is 0.263 e. The zero-order valence-electron chi connectivity index (χ0n) is 20.0. The number of amides is 1. The Morgan fingerprint density at radius 3 is 2.61 bits per heavy atom. The molecule has 1 aliphatic carbocycles. The summed E-state index contributed by atoms with van der Waals surface area (Å²) in [7, 11) is 0. The van der Waals surface area contributed by atoms with Gasteiger partial charge in [-0.15, -0.1) is 11.3 Å². The van der Waals surface area contributed by atoms with E-state index in [2.05, 4.69) is 5.32 Å². The number of fused-ring (bicyclic) bond motifs is 1. The molecule has 0 atom stereocenters. The quantitative estimate of drug-likeness (QED) is 0.170. The Morgan fingerprint density at radius 2 is 1.86 bits per heavy atom. The number of benzene rings is 2. The standard InChI is InChI=1S/C28H27N3O3S2/c1-18(32)20-11-8-12-21(15-20)29-24(33)17-36-28-30-26-25(23(16-35-26)19-9-4-2-5-10-19)27(34)31(28)22-13-6-3-7-14-22/h2,4-5,8-12,15-16,22H,3,6-7,13-14,17H2,1H3,(H,29,33). The Morgan fingerprint density at radius 1 is 1.08 bits per heavy atom. The fraction of sp³-hybridized carbons (Fsp3) is 0.286. The van der Waals surface area contributed by atoms with Crippen molar-refractivity contribution in [2.75, 3.05) is 11.1 Å². The van der Waals surface area contributed by atoms with Crippen molar-refractivity contribution in [2.45, 2.75) is 50.2 Å². The summed E-state index contributed by atoms with van der Waals surface area (Å²) in [6.45, 7) is 1.50. The van der Waals surface area contributed by atoms with Gasteiger partial charge in [-0.2, -0.15) is 0 Å². The number of thiophene rings is 1. The first kappa shape index (κ1) is 24.5. The maximum atomic E-state index is 13.9. The zero-order valence-corrected chi connectivity index (χ0v) is 21.7. The average Bonchev–Trinajstić information content (AvgIpc) is 3.33. The number of carbonyl (C=O) groups excluding carboxylic acids is 2.